The van der Waals surface area contributed by atoms with Gasteiger partial charge in [0.05, 0.1) is 12.6 Å². The minimum Gasteiger partial charge on any atom is -0.497 e. The predicted molar refractivity (Wildman–Crippen MR) is 87.5 cm³/mol. The number of rotatable bonds is 3. The van der Waals surface area contributed by atoms with Crippen molar-refractivity contribution in [3.05, 3.63) is 30.5 Å². The van der Waals surface area contributed by atoms with Gasteiger partial charge >= 0.3 is 0 Å². The molecule has 2 aromatic rings. The molecule has 2 heterocycles. The summed E-state index contributed by atoms with van der Waals surface area (Å²) >= 11 is 2.37. The molecule has 106 valence electrons. The van der Waals surface area contributed by atoms with Crippen LogP contribution in [0.4, 0.5) is 0 Å². The number of benzene rings is 1. The van der Waals surface area contributed by atoms with Crippen LogP contribution < -0.4 is 9.47 Å². The van der Waals surface area contributed by atoms with Crippen molar-refractivity contribution in [1.82, 2.24) is 8.10 Å². The molecule has 2 unspecified atom stereocenters. The molecule has 0 bridgehead atoms. The summed E-state index contributed by atoms with van der Waals surface area (Å²) in [6.07, 6.45) is 3.09. The Hall–Kier alpha value is -1.08. The van der Waals surface area contributed by atoms with E-state index in [1.165, 1.54) is 0 Å². The Labute approximate surface area is 132 Å². The highest BCUT2D eigenvalue weighted by Crippen LogP contribution is 2.30. The van der Waals surface area contributed by atoms with Gasteiger partial charge in [-0.3, -0.25) is 4.98 Å². The first-order valence-corrected chi connectivity index (χ1v) is 7.65. The number of nitrogens with zero attached hydrogens (tertiary/aromatic N) is 2. The quantitative estimate of drug-likeness (QED) is 0.600. The number of fused-ring (bicyclic) bond motifs is 1. The largest absolute Gasteiger partial charge is 0.497 e. The SMILES string of the molecule is COc1ccc2c(OC3CC(C)N(I)C3)ccnc2c1. The molecular weight excluding hydrogens is 367 g/mol. The highest BCUT2D eigenvalue weighted by molar-refractivity contribution is 14.1. The van der Waals surface area contributed by atoms with Gasteiger partial charge in [-0.2, -0.15) is 0 Å². The minimum absolute atomic E-state index is 0.245. The number of hydrogen-bond acceptors (Lipinski definition) is 4. The van der Waals surface area contributed by atoms with Gasteiger partial charge < -0.3 is 9.47 Å². The summed E-state index contributed by atoms with van der Waals surface area (Å²) < 4.78 is 13.7. The summed E-state index contributed by atoms with van der Waals surface area (Å²) in [6, 6.07) is 8.39. The second kappa shape index (κ2) is 5.73. The van der Waals surface area contributed by atoms with E-state index in [2.05, 4.69) is 37.9 Å². The number of pyridine rings is 1. The van der Waals surface area contributed by atoms with Crippen LogP contribution >= 0.6 is 22.9 Å². The molecule has 5 heteroatoms. The number of hydrogen-bond donors (Lipinski definition) is 0. The molecule has 1 aromatic heterocycles. The smallest absolute Gasteiger partial charge is 0.130 e. The van der Waals surface area contributed by atoms with Crippen LogP contribution in [0.2, 0.25) is 0 Å². The summed E-state index contributed by atoms with van der Waals surface area (Å²) in [6.45, 7) is 3.19. The van der Waals surface area contributed by atoms with E-state index < -0.39 is 0 Å². The average Bonchev–Trinajstić information content (AvgIpc) is 2.77. The predicted octanol–water partition coefficient (Wildman–Crippen LogP) is 3.44. The van der Waals surface area contributed by atoms with Gasteiger partial charge in [-0.25, -0.2) is 3.11 Å². The van der Waals surface area contributed by atoms with E-state index in [-0.39, 0.29) is 6.10 Å². The van der Waals surface area contributed by atoms with Gasteiger partial charge in [0, 0.05) is 59.5 Å². The van der Waals surface area contributed by atoms with Crippen molar-refractivity contribution in [1.29, 1.82) is 0 Å². The standard InChI is InChI=1S/C15H17IN2O2/c1-10-7-12(9-18(10)16)20-15-5-6-17-14-8-11(19-2)3-4-13(14)15/h3-6,8,10,12H,7,9H2,1-2H3. The molecule has 1 fully saturated rings. The van der Waals surface area contributed by atoms with Crippen LogP contribution in [0.1, 0.15) is 13.3 Å². The zero-order chi connectivity index (χ0) is 14.1. The Bertz CT molecular complexity index is 610. The molecule has 0 radical (unpaired) electrons. The Kier molecular flexibility index (Phi) is 3.98. The molecular formula is C15H17IN2O2. The summed E-state index contributed by atoms with van der Waals surface area (Å²) in [4.78, 5) is 4.38. The van der Waals surface area contributed by atoms with Crippen molar-refractivity contribution in [2.24, 2.45) is 0 Å². The molecule has 20 heavy (non-hydrogen) atoms. The monoisotopic (exact) mass is 384 g/mol. The summed E-state index contributed by atoms with van der Waals surface area (Å²) in [7, 11) is 1.66. The fourth-order valence-corrected chi connectivity index (χ4v) is 3.21. The molecule has 3 rings (SSSR count). The summed E-state index contributed by atoms with van der Waals surface area (Å²) in [5.41, 5.74) is 0.902. The molecule has 1 aliphatic heterocycles. The maximum absolute atomic E-state index is 6.18. The molecule has 0 spiro atoms. The third-order valence-corrected chi connectivity index (χ3v) is 5.01. The molecule has 4 nitrogen and oxygen atoms in total. The average molecular weight is 384 g/mol. The first-order valence-electron chi connectivity index (χ1n) is 6.69. The van der Waals surface area contributed by atoms with Crippen molar-refractivity contribution >= 4 is 33.8 Å². The van der Waals surface area contributed by atoms with E-state index in [0.29, 0.717) is 6.04 Å². The second-order valence-corrected chi connectivity index (χ2v) is 6.34. The van der Waals surface area contributed by atoms with Crippen molar-refractivity contribution < 1.29 is 9.47 Å². The molecule has 1 aromatic carbocycles. The van der Waals surface area contributed by atoms with Crippen molar-refractivity contribution in [3.63, 3.8) is 0 Å². The Morgan fingerprint density at radius 3 is 2.90 bits per heavy atom. The van der Waals surface area contributed by atoms with Crippen LogP contribution in [0, 0.1) is 0 Å². The lowest BCUT2D eigenvalue weighted by Gasteiger charge is -2.15. The van der Waals surface area contributed by atoms with Gasteiger partial charge in [-0.15, -0.1) is 0 Å². The van der Waals surface area contributed by atoms with Crippen molar-refractivity contribution in [2.45, 2.75) is 25.5 Å². The van der Waals surface area contributed by atoms with E-state index >= 15 is 0 Å². The van der Waals surface area contributed by atoms with Crippen LogP contribution in [0.15, 0.2) is 30.5 Å². The lowest BCUT2D eigenvalue weighted by molar-refractivity contribution is 0.220. The molecule has 0 amide bonds. The van der Waals surface area contributed by atoms with Gasteiger partial charge in [0.15, 0.2) is 0 Å². The molecule has 0 N–H and O–H groups in total. The van der Waals surface area contributed by atoms with E-state index in [4.69, 9.17) is 9.47 Å². The van der Waals surface area contributed by atoms with E-state index in [0.717, 1.165) is 35.4 Å². The van der Waals surface area contributed by atoms with Crippen LogP contribution in [-0.2, 0) is 0 Å². The zero-order valence-electron chi connectivity index (χ0n) is 11.5. The van der Waals surface area contributed by atoms with Crippen LogP contribution in [-0.4, -0.2) is 33.9 Å². The summed E-state index contributed by atoms with van der Waals surface area (Å²) in [5, 5.41) is 1.04. The number of ether oxygens (including phenoxy) is 2. The van der Waals surface area contributed by atoms with Crippen molar-refractivity contribution in [2.75, 3.05) is 13.7 Å². The van der Waals surface area contributed by atoms with E-state index in [9.17, 15) is 0 Å². The Balaban J connectivity index is 1.88. The third-order valence-electron chi connectivity index (χ3n) is 3.66. The normalized spacial score (nSPS) is 23.1. The lowest BCUT2D eigenvalue weighted by atomic mass is 10.2. The van der Waals surface area contributed by atoms with Crippen LogP contribution in [0.5, 0.6) is 11.5 Å². The highest BCUT2D eigenvalue weighted by atomic mass is 127. The molecule has 2 atom stereocenters. The molecule has 0 aliphatic carbocycles. The van der Waals surface area contributed by atoms with E-state index in [1.807, 2.05) is 24.3 Å². The van der Waals surface area contributed by atoms with Gasteiger partial charge in [0.2, 0.25) is 0 Å². The van der Waals surface area contributed by atoms with Crippen molar-refractivity contribution in [3.8, 4) is 11.5 Å². The second-order valence-electron chi connectivity index (χ2n) is 5.10. The van der Waals surface area contributed by atoms with Gasteiger partial charge in [0.1, 0.15) is 17.6 Å². The summed E-state index contributed by atoms with van der Waals surface area (Å²) in [5.74, 6) is 1.72. The van der Waals surface area contributed by atoms with Gasteiger partial charge in [-0.05, 0) is 25.1 Å². The first kappa shape index (κ1) is 13.9. The highest BCUT2D eigenvalue weighted by Gasteiger charge is 2.29. The van der Waals surface area contributed by atoms with Crippen LogP contribution in [0.3, 0.4) is 0 Å². The number of halogens is 1. The zero-order valence-corrected chi connectivity index (χ0v) is 13.7. The van der Waals surface area contributed by atoms with Gasteiger partial charge in [-0.1, -0.05) is 0 Å². The Morgan fingerprint density at radius 1 is 1.35 bits per heavy atom. The lowest BCUT2D eigenvalue weighted by Crippen LogP contribution is -2.19. The Morgan fingerprint density at radius 2 is 2.20 bits per heavy atom. The minimum atomic E-state index is 0.245. The maximum atomic E-state index is 6.18. The molecule has 1 aliphatic rings. The molecule has 1 saturated heterocycles. The number of methoxy groups -OCH3 is 1. The molecule has 0 saturated carbocycles. The number of aromatic nitrogens is 1. The van der Waals surface area contributed by atoms with Crippen LogP contribution in [0.25, 0.3) is 10.9 Å². The fraction of sp³-hybridized carbons (Fsp3) is 0.400. The maximum Gasteiger partial charge on any atom is 0.130 e. The first-order chi connectivity index (χ1) is 9.67. The van der Waals surface area contributed by atoms with Gasteiger partial charge in [0.25, 0.3) is 0 Å². The third kappa shape index (κ3) is 2.69. The fourth-order valence-electron chi connectivity index (χ4n) is 2.54. The van der Waals surface area contributed by atoms with E-state index in [1.54, 1.807) is 13.3 Å². The topological polar surface area (TPSA) is 34.6 Å².